The van der Waals surface area contributed by atoms with E-state index in [9.17, 15) is 4.79 Å². The molecule has 12 nitrogen and oxygen atoms in total. The number of hydrogen-bond donors (Lipinski definition) is 2. The van der Waals surface area contributed by atoms with Gasteiger partial charge in [-0.1, -0.05) is 24.3 Å². The predicted octanol–water partition coefficient (Wildman–Crippen LogP) is 4.01. The summed E-state index contributed by atoms with van der Waals surface area (Å²) < 4.78 is 11.6. The first-order valence-electron chi connectivity index (χ1n) is 14.1. The molecule has 1 fully saturated rings. The van der Waals surface area contributed by atoms with E-state index in [1.807, 2.05) is 88.8 Å². The van der Waals surface area contributed by atoms with Crippen LogP contribution in [-0.2, 0) is 20.6 Å². The first kappa shape index (κ1) is 26.7. The molecule has 0 saturated carbocycles. The van der Waals surface area contributed by atoms with Gasteiger partial charge in [0.05, 0.1) is 30.8 Å². The molecule has 1 aliphatic heterocycles. The van der Waals surface area contributed by atoms with Gasteiger partial charge in [-0.05, 0) is 30.7 Å². The van der Waals surface area contributed by atoms with E-state index in [1.165, 1.54) is 6.33 Å². The fourth-order valence-corrected chi connectivity index (χ4v) is 5.99. The Morgan fingerprint density at radius 3 is 2.77 bits per heavy atom. The number of fused-ring (bicyclic) bond motifs is 2. The van der Waals surface area contributed by atoms with E-state index >= 15 is 0 Å². The van der Waals surface area contributed by atoms with E-state index in [4.69, 9.17) is 15.6 Å². The molecule has 1 unspecified atom stereocenters. The maximum absolute atomic E-state index is 13.3. The number of benzene rings is 2. The molecule has 5 heterocycles. The van der Waals surface area contributed by atoms with Crippen molar-refractivity contribution < 1.29 is 9.53 Å². The van der Waals surface area contributed by atoms with Crippen LogP contribution in [0.25, 0.3) is 33.2 Å². The third kappa shape index (κ3) is 4.65. The minimum absolute atomic E-state index is 0.118. The first-order valence-corrected chi connectivity index (χ1v) is 14.1. The van der Waals surface area contributed by atoms with Crippen molar-refractivity contribution in [3.8, 4) is 17.0 Å². The van der Waals surface area contributed by atoms with Gasteiger partial charge in [0.1, 0.15) is 35.1 Å². The van der Waals surface area contributed by atoms with E-state index in [1.54, 1.807) is 7.11 Å². The molecule has 1 atom stereocenters. The Kier molecular flexibility index (Phi) is 6.54. The van der Waals surface area contributed by atoms with Crippen molar-refractivity contribution in [2.24, 2.45) is 14.1 Å². The normalized spacial score (nSPS) is 15.5. The molecule has 1 saturated heterocycles. The van der Waals surface area contributed by atoms with Crippen molar-refractivity contribution in [2.75, 3.05) is 31.2 Å². The van der Waals surface area contributed by atoms with Gasteiger partial charge in [-0.25, -0.2) is 19.6 Å². The van der Waals surface area contributed by atoms with Crippen molar-refractivity contribution >= 4 is 39.3 Å². The fraction of sp³-hybridized carbons (Fsp3) is 0.258. The maximum Gasteiger partial charge on any atom is 0.272 e. The van der Waals surface area contributed by atoms with Crippen LogP contribution in [0.15, 0.2) is 67.3 Å². The summed E-state index contributed by atoms with van der Waals surface area (Å²) in [6, 6.07) is 15.5. The molecule has 1 aliphatic rings. The predicted molar refractivity (Wildman–Crippen MR) is 165 cm³/mol. The van der Waals surface area contributed by atoms with Crippen molar-refractivity contribution in [3.63, 3.8) is 0 Å². The fourth-order valence-electron chi connectivity index (χ4n) is 5.99. The molecule has 4 aromatic heterocycles. The summed E-state index contributed by atoms with van der Waals surface area (Å²) in [6.45, 7) is 2.51. The second-order valence-corrected chi connectivity index (χ2v) is 10.9. The van der Waals surface area contributed by atoms with E-state index in [-0.39, 0.29) is 11.9 Å². The maximum atomic E-state index is 13.3. The average Bonchev–Trinajstić information content (AvgIpc) is 3.80. The number of nitrogens with zero attached hydrogens (tertiary/aromatic N) is 8. The topological polar surface area (TPSA) is 134 Å². The SMILES string of the molecule is COc1cc(-c2nn(C3CCN(Cc4nccn4C)C3)c3ncnc(N)c23)ccc1NC(=O)c1cc2ccccc2n1C. The van der Waals surface area contributed by atoms with Crippen molar-refractivity contribution in [2.45, 2.75) is 19.0 Å². The monoisotopic (exact) mass is 576 g/mol. The Hall–Kier alpha value is -5.23. The van der Waals surface area contributed by atoms with Gasteiger partial charge in [0.25, 0.3) is 5.91 Å². The number of methoxy groups -OCH3 is 1. The van der Waals surface area contributed by atoms with Crippen LogP contribution in [0.2, 0.25) is 0 Å². The highest BCUT2D eigenvalue weighted by atomic mass is 16.5. The minimum Gasteiger partial charge on any atom is -0.495 e. The standard InChI is InChI=1S/C31H32N10O2/c1-38-13-11-33-26(38)17-40-12-10-21(16-40)41-30-27(29(32)34-18-35-30)28(37-41)20-8-9-22(25(15-20)43-3)36-31(42)24-14-19-6-4-5-7-23(19)39(24)2/h4-9,11,13-15,18,21H,10,12,16-17H2,1-3H3,(H,36,42)(H2,32,34,35). The molecule has 2 aromatic carbocycles. The minimum atomic E-state index is -0.228. The van der Waals surface area contributed by atoms with Crippen LogP contribution in [0.1, 0.15) is 28.8 Å². The van der Waals surface area contributed by atoms with Gasteiger partial charge in [-0.2, -0.15) is 5.10 Å². The number of imidazole rings is 1. The lowest BCUT2D eigenvalue weighted by molar-refractivity contribution is 0.101. The van der Waals surface area contributed by atoms with Gasteiger partial charge in [0.15, 0.2) is 5.65 Å². The molecule has 6 aromatic rings. The molecule has 1 amide bonds. The van der Waals surface area contributed by atoms with E-state index < -0.39 is 0 Å². The summed E-state index contributed by atoms with van der Waals surface area (Å²) in [5.41, 5.74) is 10.6. The summed E-state index contributed by atoms with van der Waals surface area (Å²) in [5, 5.41) is 9.75. The zero-order valence-corrected chi connectivity index (χ0v) is 24.2. The summed E-state index contributed by atoms with van der Waals surface area (Å²) in [5.74, 6) is 1.66. The molecule has 12 heteroatoms. The van der Waals surface area contributed by atoms with Crippen LogP contribution in [0.5, 0.6) is 5.75 Å². The quantitative estimate of drug-likeness (QED) is 0.291. The highest BCUT2D eigenvalue weighted by molar-refractivity contribution is 6.07. The van der Waals surface area contributed by atoms with Crippen LogP contribution < -0.4 is 15.8 Å². The Balaban J connectivity index is 1.19. The third-order valence-corrected chi connectivity index (χ3v) is 8.30. The number of rotatable bonds is 7. The smallest absolute Gasteiger partial charge is 0.272 e. The van der Waals surface area contributed by atoms with Crippen LogP contribution >= 0.6 is 0 Å². The van der Waals surface area contributed by atoms with Gasteiger partial charge in [0, 0.05) is 56.0 Å². The number of nitrogens with two attached hydrogens (primary N) is 1. The molecule has 3 N–H and O–H groups in total. The zero-order valence-electron chi connectivity index (χ0n) is 24.2. The molecule has 218 valence electrons. The van der Waals surface area contributed by atoms with E-state index in [0.29, 0.717) is 39.7 Å². The van der Waals surface area contributed by atoms with Crippen LogP contribution in [0.4, 0.5) is 11.5 Å². The molecule has 0 bridgehead atoms. The van der Waals surface area contributed by atoms with Crippen molar-refractivity contribution in [1.82, 2.24) is 38.8 Å². The summed E-state index contributed by atoms with van der Waals surface area (Å²) in [4.78, 5) is 29.0. The van der Waals surface area contributed by atoms with Crippen molar-refractivity contribution in [1.29, 1.82) is 0 Å². The lowest BCUT2D eigenvalue weighted by atomic mass is 10.1. The molecule has 0 aliphatic carbocycles. The summed E-state index contributed by atoms with van der Waals surface area (Å²) >= 11 is 0. The number of anilines is 2. The van der Waals surface area contributed by atoms with Gasteiger partial charge in [0.2, 0.25) is 0 Å². The number of nitrogen functional groups attached to an aromatic ring is 1. The lowest BCUT2D eigenvalue weighted by Gasteiger charge is -2.16. The number of nitrogens with one attached hydrogen (secondary N) is 1. The number of carbonyl (C=O) groups excluding carboxylic acids is 1. The molecular formula is C31H32N10O2. The van der Waals surface area contributed by atoms with E-state index in [2.05, 4.69) is 25.2 Å². The van der Waals surface area contributed by atoms with Crippen LogP contribution in [0, 0.1) is 0 Å². The number of carbonyl (C=O) groups is 1. The first-order chi connectivity index (χ1) is 20.9. The number of para-hydroxylation sites is 1. The number of hydrogen-bond acceptors (Lipinski definition) is 8. The Morgan fingerprint density at radius 1 is 1.12 bits per heavy atom. The lowest BCUT2D eigenvalue weighted by Crippen LogP contribution is -2.23. The summed E-state index contributed by atoms with van der Waals surface area (Å²) in [6.07, 6.45) is 6.19. The largest absolute Gasteiger partial charge is 0.495 e. The molecule has 43 heavy (non-hydrogen) atoms. The van der Waals surface area contributed by atoms with Gasteiger partial charge in [-0.15, -0.1) is 0 Å². The van der Waals surface area contributed by atoms with Crippen LogP contribution in [-0.4, -0.2) is 64.9 Å². The Bertz CT molecular complexity index is 1990. The molecule has 7 rings (SSSR count). The highest BCUT2D eigenvalue weighted by Gasteiger charge is 2.29. The Morgan fingerprint density at radius 2 is 1.98 bits per heavy atom. The number of amides is 1. The second-order valence-electron chi connectivity index (χ2n) is 10.9. The zero-order chi connectivity index (χ0) is 29.7. The van der Waals surface area contributed by atoms with E-state index in [0.717, 1.165) is 48.3 Å². The average molecular weight is 577 g/mol. The molecular weight excluding hydrogens is 544 g/mol. The van der Waals surface area contributed by atoms with Gasteiger partial charge < -0.3 is 24.9 Å². The van der Waals surface area contributed by atoms with Gasteiger partial charge in [-0.3, -0.25) is 9.69 Å². The number of ether oxygens (including phenoxy) is 1. The van der Waals surface area contributed by atoms with Gasteiger partial charge >= 0.3 is 0 Å². The van der Waals surface area contributed by atoms with Crippen LogP contribution in [0.3, 0.4) is 0 Å². The number of aromatic nitrogens is 7. The summed E-state index contributed by atoms with van der Waals surface area (Å²) in [7, 11) is 5.47. The van der Waals surface area contributed by atoms with Crippen molar-refractivity contribution in [3.05, 3.63) is 78.8 Å². The third-order valence-electron chi connectivity index (χ3n) is 8.30. The Labute approximate surface area is 247 Å². The molecule has 0 spiro atoms. The second kappa shape index (κ2) is 10.6. The molecule has 0 radical (unpaired) electrons. The number of aryl methyl sites for hydroxylation is 2. The highest BCUT2D eigenvalue weighted by Crippen LogP contribution is 2.37. The number of likely N-dealkylation sites (tertiary alicyclic amines) is 1.